The van der Waals surface area contributed by atoms with E-state index in [2.05, 4.69) is 6.58 Å². The second kappa shape index (κ2) is 10.1. The molecule has 16 heavy (non-hydrogen) atoms. The number of hydrogen-bond donors (Lipinski definition) is 0. The van der Waals surface area contributed by atoms with Crippen LogP contribution in [0.4, 0.5) is 0 Å². The highest BCUT2D eigenvalue weighted by molar-refractivity contribution is 5.76. The van der Waals surface area contributed by atoms with Crippen LogP contribution in [0.25, 0.3) is 0 Å². The Morgan fingerprint density at radius 2 is 1.94 bits per heavy atom. The van der Waals surface area contributed by atoms with Crippen molar-refractivity contribution < 1.29 is 19.1 Å². The molecule has 0 saturated carbocycles. The van der Waals surface area contributed by atoms with Crippen molar-refractivity contribution in [1.29, 1.82) is 0 Å². The van der Waals surface area contributed by atoms with E-state index in [0.29, 0.717) is 6.61 Å². The maximum Gasteiger partial charge on any atom is 0.373 e. The molecule has 92 valence electrons. The van der Waals surface area contributed by atoms with Gasteiger partial charge in [0.05, 0.1) is 12.0 Å². The number of hydrogen-bond acceptors (Lipinski definition) is 4. The van der Waals surface area contributed by atoms with Crippen molar-refractivity contribution in [2.45, 2.75) is 40.0 Å². The Balaban J connectivity index is 0. The lowest BCUT2D eigenvalue weighted by molar-refractivity contribution is -0.191. The third-order valence-corrected chi connectivity index (χ3v) is 2.45. The van der Waals surface area contributed by atoms with E-state index in [0.717, 1.165) is 19.3 Å². The molecule has 1 atom stereocenters. The van der Waals surface area contributed by atoms with Gasteiger partial charge in [-0.15, -0.1) is 6.58 Å². The number of rotatable bonds is 6. The van der Waals surface area contributed by atoms with Gasteiger partial charge in [0.25, 0.3) is 0 Å². The molecule has 0 aliphatic rings. The molecule has 0 aromatic rings. The van der Waals surface area contributed by atoms with E-state index >= 15 is 0 Å². The summed E-state index contributed by atoms with van der Waals surface area (Å²) in [6.07, 6.45) is 4.60. The lowest BCUT2D eigenvalue weighted by Crippen LogP contribution is -2.29. The molecule has 0 spiro atoms. The zero-order valence-electron chi connectivity index (χ0n) is 10.2. The van der Waals surface area contributed by atoms with E-state index in [1.54, 1.807) is 0 Å². The Bertz CT molecular complexity index is 241. The second-order valence-electron chi connectivity index (χ2n) is 3.55. The fourth-order valence-corrected chi connectivity index (χ4v) is 1.15. The highest BCUT2D eigenvalue weighted by Gasteiger charge is 2.31. The summed E-state index contributed by atoms with van der Waals surface area (Å²) in [4.78, 5) is 27.8. The van der Waals surface area contributed by atoms with Crippen LogP contribution in [-0.2, 0) is 19.1 Å². The van der Waals surface area contributed by atoms with Gasteiger partial charge in [-0.2, -0.15) is 9.59 Å². The maximum absolute atomic E-state index is 11.5. The van der Waals surface area contributed by atoms with Crippen molar-refractivity contribution in [1.82, 2.24) is 0 Å². The van der Waals surface area contributed by atoms with Gasteiger partial charge in [-0.1, -0.05) is 13.0 Å². The Morgan fingerprint density at radius 3 is 2.25 bits per heavy atom. The van der Waals surface area contributed by atoms with Crippen LogP contribution in [0.1, 0.15) is 40.0 Å². The molecule has 4 nitrogen and oxygen atoms in total. The SMILES string of the molecule is C=CCCC(C)(CC)C(=O)OCC.O=C=O. The van der Waals surface area contributed by atoms with Gasteiger partial charge in [0, 0.05) is 0 Å². The molecular formula is C12H20O4. The van der Waals surface area contributed by atoms with Gasteiger partial charge in [0.15, 0.2) is 0 Å². The molecule has 0 heterocycles. The molecule has 0 bridgehead atoms. The minimum Gasteiger partial charge on any atom is -0.466 e. The fraction of sp³-hybridized carbons (Fsp3) is 0.667. The molecule has 0 amide bonds. The normalized spacial score (nSPS) is 12.4. The third-order valence-electron chi connectivity index (χ3n) is 2.45. The number of carbonyl (C=O) groups excluding carboxylic acids is 3. The molecule has 0 aliphatic carbocycles. The lowest BCUT2D eigenvalue weighted by Gasteiger charge is -2.24. The van der Waals surface area contributed by atoms with Crippen molar-refractivity contribution >= 4 is 12.1 Å². The van der Waals surface area contributed by atoms with E-state index in [1.165, 1.54) is 0 Å². The van der Waals surface area contributed by atoms with Crippen molar-refractivity contribution in [2.75, 3.05) is 6.61 Å². The molecule has 0 aliphatic heterocycles. The number of ether oxygens (including phenoxy) is 1. The Morgan fingerprint density at radius 1 is 1.44 bits per heavy atom. The molecule has 0 rings (SSSR count). The van der Waals surface area contributed by atoms with E-state index in [-0.39, 0.29) is 17.5 Å². The summed E-state index contributed by atoms with van der Waals surface area (Å²) in [6, 6.07) is 0. The first-order valence-corrected chi connectivity index (χ1v) is 5.29. The topological polar surface area (TPSA) is 60.4 Å². The second-order valence-corrected chi connectivity index (χ2v) is 3.55. The summed E-state index contributed by atoms with van der Waals surface area (Å²) in [5.74, 6) is -0.0839. The monoisotopic (exact) mass is 228 g/mol. The number of carbonyl (C=O) groups is 1. The molecular weight excluding hydrogens is 208 g/mol. The van der Waals surface area contributed by atoms with Crippen molar-refractivity contribution in [2.24, 2.45) is 5.41 Å². The predicted molar refractivity (Wildman–Crippen MR) is 59.5 cm³/mol. The van der Waals surface area contributed by atoms with Crippen LogP contribution in [-0.4, -0.2) is 18.7 Å². The van der Waals surface area contributed by atoms with Crippen LogP contribution in [0, 0.1) is 5.41 Å². The molecule has 0 aromatic heterocycles. The van der Waals surface area contributed by atoms with Crippen LogP contribution in [0.15, 0.2) is 12.7 Å². The summed E-state index contributed by atoms with van der Waals surface area (Å²) in [7, 11) is 0. The van der Waals surface area contributed by atoms with Gasteiger partial charge < -0.3 is 4.74 Å². The lowest BCUT2D eigenvalue weighted by atomic mass is 9.83. The first-order valence-electron chi connectivity index (χ1n) is 5.29. The van der Waals surface area contributed by atoms with Gasteiger partial charge in [-0.25, -0.2) is 0 Å². The molecule has 0 radical (unpaired) electrons. The van der Waals surface area contributed by atoms with E-state index in [1.807, 2.05) is 26.8 Å². The summed E-state index contributed by atoms with van der Waals surface area (Å²) >= 11 is 0. The zero-order valence-corrected chi connectivity index (χ0v) is 10.2. The highest BCUT2D eigenvalue weighted by atomic mass is 16.5. The van der Waals surface area contributed by atoms with Crippen LogP contribution in [0.5, 0.6) is 0 Å². The standard InChI is InChI=1S/C11H20O2.CO2/c1-5-8-9-11(4,6-2)10(12)13-7-3;2-1-3/h5H,1,6-9H2,2-4H3;. The molecule has 0 aromatic carbocycles. The zero-order chi connectivity index (χ0) is 13.0. The van der Waals surface area contributed by atoms with Crippen LogP contribution < -0.4 is 0 Å². The largest absolute Gasteiger partial charge is 0.466 e. The molecule has 0 N–H and O–H groups in total. The Kier molecular flexibility index (Phi) is 10.8. The van der Waals surface area contributed by atoms with Gasteiger partial charge in [0.2, 0.25) is 0 Å². The van der Waals surface area contributed by atoms with E-state index in [4.69, 9.17) is 14.3 Å². The van der Waals surface area contributed by atoms with Crippen LogP contribution in [0.3, 0.4) is 0 Å². The van der Waals surface area contributed by atoms with Crippen LogP contribution >= 0.6 is 0 Å². The quantitative estimate of drug-likeness (QED) is 0.517. The first-order chi connectivity index (χ1) is 7.52. The average molecular weight is 228 g/mol. The van der Waals surface area contributed by atoms with E-state index < -0.39 is 0 Å². The molecule has 1 unspecified atom stereocenters. The Labute approximate surface area is 96.7 Å². The summed E-state index contributed by atoms with van der Waals surface area (Å²) in [5.41, 5.74) is -0.329. The van der Waals surface area contributed by atoms with Gasteiger partial charge in [-0.3, -0.25) is 4.79 Å². The van der Waals surface area contributed by atoms with Crippen molar-refractivity contribution in [3.05, 3.63) is 12.7 Å². The molecule has 0 fully saturated rings. The van der Waals surface area contributed by atoms with Gasteiger partial charge >= 0.3 is 12.1 Å². The summed E-state index contributed by atoms with van der Waals surface area (Å²) in [5, 5.41) is 0. The Hall–Kier alpha value is -1.41. The molecule has 4 heteroatoms. The third kappa shape index (κ3) is 6.96. The fourth-order valence-electron chi connectivity index (χ4n) is 1.15. The van der Waals surface area contributed by atoms with Crippen molar-refractivity contribution in [3.8, 4) is 0 Å². The smallest absolute Gasteiger partial charge is 0.373 e. The van der Waals surface area contributed by atoms with E-state index in [9.17, 15) is 4.79 Å². The maximum atomic E-state index is 11.5. The van der Waals surface area contributed by atoms with Crippen molar-refractivity contribution in [3.63, 3.8) is 0 Å². The number of allylic oxidation sites excluding steroid dienone is 1. The predicted octanol–water partition coefficient (Wildman–Crippen LogP) is 2.35. The number of esters is 1. The minimum atomic E-state index is -0.329. The summed E-state index contributed by atoms with van der Waals surface area (Å²) in [6.45, 7) is 9.91. The van der Waals surface area contributed by atoms with Crippen LogP contribution in [0.2, 0.25) is 0 Å². The van der Waals surface area contributed by atoms with Gasteiger partial charge in [-0.05, 0) is 33.1 Å². The summed E-state index contributed by atoms with van der Waals surface area (Å²) < 4.78 is 5.02. The molecule has 0 saturated heterocycles. The van der Waals surface area contributed by atoms with Gasteiger partial charge in [0.1, 0.15) is 0 Å². The first kappa shape index (κ1) is 17.0. The highest BCUT2D eigenvalue weighted by Crippen LogP contribution is 2.29. The average Bonchev–Trinajstić information content (AvgIpc) is 2.27. The minimum absolute atomic E-state index is 0.0839.